The van der Waals surface area contributed by atoms with E-state index in [4.69, 9.17) is 9.47 Å². The Morgan fingerprint density at radius 1 is 0.783 bits per heavy atom. The van der Waals surface area contributed by atoms with E-state index in [1.807, 2.05) is 36.4 Å². The van der Waals surface area contributed by atoms with Crippen LogP contribution in [0.25, 0.3) is 11.1 Å². The second-order valence-corrected chi connectivity index (χ2v) is 11.8. The summed E-state index contributed by atoms with van der Waals surface area (Å²) in [5.41, 5.74) is 3.57. The van der Waals surface area contributed by atoms with Crippen molar-refractivity contribution >= 4 is 12.1 Å². The highest BCUT2D eigenvalue weighted by Gasteiger charge is 2.40. The SMILES string of the molecule is CC(C)(C)OC(=O)NCc1cccc(-c2cc(CNC(c3ccccc3)C(F)(F)F)cc(COc3ccccc3CC(=O)O)c2)c1. The normalized spacial score (nSPS) is 12.3. The molecule has 0 aromatic heterocycles. The molecule has 4 aromatic rings. The number of aliphatic carboxylic acids is 1. The summed E-state index contributed by atoms with van der Waals surface area (Å²) >= 11 is 0. The minimum absolute atomic E-state index is 0.0543. The van der Waals surface area contributed by atoms with Gasteiger partial charge in [-0.3, -0.25) is 10.1 Å². The van der Waals surface area contributed by atoms with E-state index in [9.17, 15) is 27.9 Å². The zero-order chi connectivity index (χ0) is 33.3. The van der Waals surface area contributed by atoms with E-state index in [2.05, 4.69) is 10.6 Å². The first-order valence-corrected chi connectivity index (χ1v) is 14.7. The Labute approximate surface area is 266 Å². The summed E-state index contributed by atoms with van der Waals surface area (Å²) in [6, 6.07) is 25.5. The highest BCUT2D eigenvalue weighted by molar-refractivity contribution is 5.71. The first-order chi connectivity index (χ1) is 21.8. The van der Waals surface area contributed by atoms with Gasteiger partial charge in [-0.15, -0.1) is 0 Å². The highest BCUT2D eigenvalue weighted by Crippen LogP contribution is 2.33. The monoisotopic (exact) mass is 634 g/mol. The lowest BCUT2D eigenvalue weighted by Gasteiger charge is -2.22. The van der Waals surface area contributed by atoms with Crippen molar-refractivity contribution in [1.82, 2.24) is 10.6 Å². The molecule has 1 amide bonds. The molecule has 46 heavy (non-hydrogen) atoms. The lowest BCUT2D eigenvalue weighted by molar-refractivity contribution is -0.158. The van der Waals surface area contributed by atoms with Crippen molar-refractivity contribution in [3.63, 3.8) is 0 Å². The number of amides is 1. The van der Waals surface area contributed by atoms with Crippen LogP contribution in [0.3, 0.4) is 0 Å². The summed E-state index contributed by atoms with van der Waals surface area (Å²) in [6.45, 7) is 5.51. The lowest BCUT2D eigenvalue weighted by Crippen LogP contribution is -2.33. The van der Waals surface area contributed by atoms with Crippen molar-refractivity contribution in [1.29, 1.82) is 0 Å². The molecule has 0 aliphatic carbocycles. The third kappa shape index (κ3) is 10.4. The number of alkyl carbamates (subject to hydrolysis) is 1. The van der Waals surface area contributed by atoms with Crippen LogP contribution in [0.5, 0.6) is 5.75 Å². The van der Waals surface area contributed by atoms with Gasteiger partial charge in [-0.1, -0.05) is 72.8 Å². The molecule has 4 rings (SSSR count). The molecule has 7 nitrogen and oxygen atoms in total. The average molecular weight is 635 g/mol. The summed E-state index contributed by atoms with van der Waals surface area (Å²) in [6.07, 6.45) is -5.28. The number of rotatable bonds is 12. The molecular weight excluding hydrogens is 597 g/mol. The third-order valence-corrected chi connectivity index (χ3v) is 6.83. The number of hydrogen-bond acceptors (Lipinski definition) is 5. The van der Waals surface area contributed by atoms with Gasteiger partial charge < -0.3 is 19.9 Å². The van der Waals surface area contributed by atoms with Crippen molar-refractivity contribution in [3.05, 3.63) is 125 Å². The molecule has 0 saturated heterocycles. The number of para-hydroxylation sites is 1. The Balaban J connectivity index is 1.62. The Hall–Kier alpha value is -4.83. The fourth-order valence-electron chi connectivity index (χ4n) is 4.87. The fourth-order valence-corrected chi connectivity index (χ4v) is 4.87. The summed E-state index contributed by atoms with van der Waals surface area (Å²) < 4.78 is 53.6. The second-order valence-electron chi connectivity index (χ2n) is 11.8. The van der Waals surface area contributed by atoms with E-state index >= 15 is 0 Å². The van der Waals surface area contributed by atoms with Crippen LogP contribution in [0.15, 0.2) is 97.1 Å². The zero-order valence-corrected chi connectivity index (χ0v) is 25.9. The Morgan fingerprint density at radius 2 is 1.46 bits per heavy atom. The summed E-state index contributed by atoms with van der Waals surface area (Å²) in [7, 11) is 0. The molecule has 0 spiro atoms. The summed E-state index contributed by atoms with van der Waals surface area (Å²) in [5.74, 6) is -0.587. The van der Waals surface area contributed by atoms with Crippen LogP contribution in [-0.2, 0) is 35.6 Å². The molecule has 0 aliphatic rings. The molecule has 4 aromatic carbocycles. The van der Waals surface area contributed by atoms with E-state index in [1.165, 1.54) is 12.1 Å². The van der Waals surface area contributed by atoms with Crippen LogP contribution in [0.4, 0.5) is 18.0 Å². The Morgan fingerprint density at radius 3 is 2.15 bits per heavy atom. The molecule has 3 N–H and O–H groups in total. The van der Waals surface area contributed by atoms with Gasteiger partial charge in [0.15, 0.2) is 0 Å². The number of carbonyl (C=O) groups excluding carboxylic acids is 1. The van der Waals surface area contributed by atoms with E-state index in [1.54, 1.807) is 69.3 Å². The van der Waals surface area contributed by atoms with Gasteiger partial charge in [-0.25, -0.2) is 4.79 Å². The summed E-state index contributed by atoms with van der Waals surface area (Å²) in [5, 5.41) is 14.7. The largest absolute Gasteiger partial charge is 0.489 e. The standard InChI is InChI=1S/C36H37F3N2O5/c1-35(2,3)46-34(44)41-21-24-10-9-14-28(17-24)30-18-25(22-40-33(36(37,38)39)27-11-5-4-6-12-27)16-26(19-30)23-45-31-15-8-7-13-29(31)20-32(42)43/h4-19,33,40H,20-23H2,1-3H3,(H,41,44)(H,42,43). The maximum atomic E-state index is 14.1. The zero-order valence-electron chi connectivity index (χ0n) is 25.9. The Bertz CT molecular complexity index is 1630. The summed E-state index contributed by atoms with van der Waals surface area (Å²) in [4.78, 5) is 23.5. The molecule has 0 heterocycles. The topological polar surface area (TPSA) is 96.9 Å². The first-order valence-electron chi connectivity index (χ1n) is 14.7. The number of carboxylic acid groups (broad SMARTS) is 1. The first kappa shape index (κ1) is 34.1. The van der Waals surface area contributed by atoms with Gasteiger partial charge in [-0.05, 0) is 78.4 Å². The van der Waals surface area contributed by atoms with Gasteiger partial charge in [0.1, 0.15) is 24.0 Å². The minimum atomic E-state index is -4.52. The van der Waals surface area contributed by atoms with Gasteiger partial charge in [0, 0.05) is 18.7 Å². The van der Waals surface area contributed by atoms with Crippen LogP contribution in [0.1, 0.15) is 54.6 Å². The van der Waals surface area contributed by atoms with Gasteiger partial charge >= 0.3 is 18.2 Å². The van der Waals surface area contributed by atoms with Crippen molar-refractivity contribution in [2.45, 2.75) is 64.7 Å². The fraction of sp³-hybridized carbons (Fsp3) is 0.278. The number of carbonyl (C=O) groups is 2. The average Bonchev–Trinajstić information content (AvgIpc) is 2.98. The van der Waals surface area contributed by atoms with Gasteiger partial charge in [0.2, 0.25) is 0 Å². The maximum absolute atomic E-state index is 14.1. The van der Waals surface area contributed by atoms with Crippen LogP contribution in [0.2, 0.25) is 0 Å². The van der Waals surface area contributed by atoms with Crippen LogP contribution >= 0.6 is 0 Å². The quantitative estimate of drug-likeness (QED) is 0.146. The molecule has 1 unspecified atom stereocenters. The lowest BCUT2D eigenvalue weighted by atomic mass is 9.98. The number of halogens is 3. The van der Waals surface area contributed by atoms with E-state index in [-0.39, 0.29) is 31.7 Å². The van der Waals surface area contributed by atoms with E-state index < -0.39 is 29.9 Å². The van der Waals surface area contributed by atoms with Crippen LogP contribution in [-0.4, -0.2) is 28.9 Å². The van der Waals surface area contributed by atoms with Crippen LogP contribution < -0.4 is 15.4 Å². The van der Waals surface area contributed by atoms with E-state index in [0.717, 1.165) is 16.7 Å². The number of nitrogens with one attached hydrogen (secondary N) is 2. The Kier molecular flexibility index (Phi) is 11.1. The molecule has 242 valence electrons. The van der Waals surface area contributed by atoms with Gasteiger partial charge in [0.05, 0.1) is 6.42 Å². The third-order valence-electron chi connectivity index (χ3n) is 6.83. The van der Waals surface area contributed by atoms with Crippen molar-refractivity contribution < 1.29 is 37.3 Å². The molecule has 0 radical (unpaired) electrons. The number of hydrogen-bond donors (Lipinski definition) is 3. The minimum Gasteiger partial charge on any atom is -0.489 e. The number of alkyl halides is 3. The molecular formula is C36H37F3N2O5. The predicted octanol–water partition coefficient (Wildman–Crippen LogP) is 7.98. The molecule has 1 atom stereocenters. The molecule has 0 saturated carbocycles. The van der Waals surface area contributed by atoms with E-state index in [0.29, 0.717) is 22.4 Å². The van der Waals surface area contributed by atoms with Crippen LogP contribution in [0, 0.1) is 0 Å². The van der Waals surface area contributed by atoms with Gasteiger partial charge in [0.25, 0.3) is 0 Å². The van der Waals surface area contributed by atoms with Crippen molar-refractivity contribution in [3.8, 4) is 16.9 Å². The predicted molar refractivity (Wildman–Crippen MR) is 169 cm³/mol. The van der Waals surface area contributed by atoms with Gasteiger partial charge in [-0.2, -0.15) is 13.2 Å². The smallest absolute Gasteiger partial charge is 0.407 e. The number of carboxylic acids is 1. The van der Waals surface area contributed by atoms with Crippen molar-refractivity contribution in [2.24, 2.45) is 0 Å². The maximum Gasteiger partial charge on any atom is 0.407 e. The molecule has 10 heteroatoms. The highest BCUT2D eigenvalue weighted by atomic mass is 19.4. The molecule has 0 bridgehead atoms. The second kappa shape index (κ2) is 15.0. The molecule has 0 aliphatic heterocycles. The number of benzene rings is 4. The number of ether oxygens (including phenoxy) is 2. The van der Waals surface area contributed by atoms with Crippen molar-refractivity contribution in [2.75, 3.05) is 0 Å². The molecule has 0 fully saturated rings.